The number of pyridine rings is 4. The van der Waals surface area contributed by atoms with Crippen LogP contribution in [0.15, 0.2) is 183 Å². The summed E-state index contributed by atoms with van der Waals surface area (Å²) in [6.07, 6.45) is 12.7. The van der Waals surface area contributed by atoms with Crippen LogP contribution >= 0.6 is 0 Å². The second kappa shape index (κ2) is 36.8. The van der Waals surface area contributed by atoms with Crippen molar-refractivity contribution in [1.82, 2.24) is 19.9 Å². The van der Waals surface area contributed by atoms with Gasteiger partial charge in [-0.2, -0.15) is 0 Å². The summed E-state index contributed by atoms with van der Waals surface area (Å²) in [6, 6.07) is 60.3. The summed E-state index contributed by atoms with van der Waals surface area (Å²) in [5, 5.41) is 5.80. The fourth-order valence-electron chi connectivity index (χ4n) is 14.3. The van der Waals surface area contributed by atoms with Gasteiger partial charge in [-0.3, -0.25) is 9.97 Å². The molecule has 11 nitrogen and oxygen atoms in total. The van der Waals surface area contributed by atoms with E-state index in [9.17, 15) is 0 Å². The summed E-state index contributed by atoms with van der Waals surface area (Å²) in [5.74, 6) is 6.74. The Morgan fingerprint density at radius 3 is 0.860 bits per heavy atom. The molecule has 0 saturated carbocycles. The smallest absolute Gasteiger partial charge is 0.497 e. The van der Waals surface area contributed by atoms with Crippen LogP contribution in [0.5, 0.6) is 34.5 Å². The molecule has 18 heteroatoms. The van der Waals surface area contributed by atoms with Crippen molar-refractivity contribution in [3.8, 4) is 79.5 Å². The average Bonchev–Trinajstić information content (AvgIpc) is 1.62. The number of benzene rings is 6. The minimum absolute atomic E-state index is 0. The van der Waals surface area contributed by atoms with E-state index < -0.39 is 46.5 Å². The number of nitrogens with zero attached hydrogens (tertiary/aromatic N) is 4. The van der Waals surface area contributed by atoms with Crippen molar-refractivity contribution in [3.05, 3.63) is 217 Å². The molecule has 114 heavy (non-hydrogen) atoms. The Balaban J connectivity index is 0.000000197. The first-order valence-corrected chi connectivity index (χ1v) is 54.9. The van der Waals surface area contributed by atoms with Crippen LogP contribution in [0.2, 0.25) is 78.6 Å². The van der Waals surface area contributed by atoms with Gasteiger partial charge >= 0.3 is 35.3 Å². The summed E-state index contributed by atoms with van der Waals surface area (Å²) in [7, 11) is -6.80. The first-order valence-electron chi connectivity index (χ1n) is 40.9. The zero-order valence-electron chi connectivity index (χ0n) is 73.6. The SMILES string of the molecule is CC(C)Cc1cc(-c2[c-]c(Oc3[c-]c(-c4cc(CC(C)C)c([Si](C)(C)C)cn4)ccc3)ccc2)ncc1[Si](C)(C)C.CC(C)Cc1cc(-c2cccc(Oc3cccc(-c4cc(CC(C)C)c([Si](C)(C)C)cn4)c3)c2)ncc1[Si](C)(C)C.CC1(C)OB(c2cccc(Oc3cccc(B4OC(C)(C)C(C)(C)O4)c3)c2)OC1(C)C.[Pt+2]. The Kier molecular flexibility index (Phi) is 29.3. The largest absolute Gasteiger partial charge is 2.00 e. The monoisotopic (exact) mass is 1780 g/mol. The number of rotatable bonds is 24. The van der Waals surface area contributed by atoms with Gasteiger partial charge in [-0.1, -0.05) is 218 Å². The van der Waals surface area contributed by atoms with Crippen LogP contribution in [0.1, 0.15) is 133 Å². The van der Waals surface area contributed by atoms with Gasteiger partial charge in [-0.15, -0.1) is 47.5 Å². The fourth-order valence-corrected chi connectivity index (χ4v) is 20.6. The number of aromatic nitrogens is 4. The van der Waals surface area contributed by atoms with Gasteiger partial charge < -0.3 is 42.8 Å². The van der Waals surface area contributed by atoms with Gasteiger partial charge in [-0.05, 0) is 220 Å². The summed E-state index contributed by atoms with van der Waals surface area (Å²) in [6.45, 7) is 63.4. The van der Waals surface area contributed by atoms with E-state index in [1.807, 2.05) is 84.9 Å². The second-order valence-corrected chi connectivity index (χ2v) is 59.0. The summed E-state index contributed by atoms with van der Waals surface area (Å²) < 4.78 is 43.5. The zero-order valence-corrected chi connectivity index (χ0v) is 79.8. The van der Waals surface area contributed by atoms with E-state index in [2.05, 4.69) is 299 Å². The van der Waals surface area contributed by atoms with Crippen molar-refractivity contribution in [2.24, 2.45) is 23.7 Å². The van der Waals surface area contributed by atoms with Gasteiger partial charge in [0.2, 0.25) is 0 Å². The molecule has 604 valence electrons. The van der Waals surface area contributed by atoms with Crippen molar-refractivity contribution in [2.75, 3.05) is 0 Å². The maximum Gasteiger partial charge on any atom is 2.00 e. The van der Waals surface area contributed by atoms with Crippen LogP contribution < -0.4 is 45.9 Å². The Bertz CT molecular complexity index is 4380. The van der Waals surface area contributed by atoms with Crippen LogP contribution in [-0.2, 0) is 65.4 Å². The van der Waals surface area contributed by atoms with Gasteiger partial charge in [0.25, 0.3) is 0 Å². The minimum Gasteiger partial charge on any atom is -0.497 e. The molecule has 6 aromatic carbocycles. The molecular formula is C96H126B2N4O7PtSi4. The van der Waals surface area contributed by atoms with Gasteiger partial charge in [0, 0.05) is 47.4 Å². The number of hydrogen-bond donors (Lipinski definition) is 0. The van der Waals surface area contributed by atoms with E-state index in [4.69, 9.17) is 52.8 Å². The molecule has 0 spiro atoms. The van der Waals surface area contributed by atoms with Gasteiger partial charge in [0.15, 0.2) is 0 Å². The first kappa shape index (κ1) is 90.8. The van der Waals surface area contributed by atoms with E-state index in [0.717, 1.165) is 105 Å². The Hall–Kier alpha value is -7.15. The number of hydrogen-bond acceptors (Lipinski definition) is 11. The molecule has 0 aliphatic carbocycles. The maximum atomic E-state index is 6.41. The van der Waals surface area contributed by atoms with Crippen LogP contribution in [0.25, 0.3) is 45.0 Å². The molecule has 2 aliphatic heterocycles. The molecule has 0 amide bonds. The molecule has 0 atom stereocenters. The van der Waals surface area contributed by atoms with Crippen molar-refractivity contribution in [2.45, 2.75) is 237 Å². The van der Waals surface area contributed by atoms with Crippen LogP contribution in [0, 0.1) is 35.8 Å². The van der Waals surface area contributed by atoms with Crippen molar-refractivity contribution in [3.63, 3.8) is 0 Å². The molecule has 2 saturated heterocycles. The van der Waals surface area contributed by atoms with Gasteiger partial charge in [0.05, 0.1) is 66.1 Å². The molecule has 12 rings (SSSR count). The molecular weight excluding hydrogens is 1650 g/mol. The molecule has 2 aliphatic rings. The predicted octanol–water partition coefficient (Wildman–Crippen LogP) is 21.9. The van der Waals surface area contributed by atoms with E-state index in [1.54, 1.807) is 0 Å². The second-order valence-electron chi connectivity index (χ2n) is 38.8. The van der Waals surface area contributed by atoms with Crippen molar-refractivity contribution >= 4 is 78.2 Å². The molecule has 4 aromatic heterocycles. The van der Waals surface area contributed by atoms with Crippen molar-refractivity contribution < 1.29 is 53.9 Å². The van der Waals surface area contributed by atoms with E-state index >= 15 is 0 Å². The Morgan fingerprint density at radius 1 is 0.325 bits per heavy atom. The zero-order chi connectivity index (χ0) is 82.6. The molecule has 10 aromatic rings. The fraction of sp³-hybridized carbons (Fsp3) is 0.417. The van der Waals surface area contributed by atoms with Gasteiger partial charge in [0.1, 0.15) is 23.0 Å². The predicted molar refractivity (Wildman–Crippen MR) is 487 cm³/mol. The maximum absolute atomic E-state index is 6.41. The minimum atomic E-state index is -1.49. The molecule has 0 radical (unpaired) electrons. The molecule has 6 heterocycles. The normalized spacial score (nSPS) is 15.2. The summed E-state index contributed by atoms with van der Waals surface area (Å²) in [4.78, 5) is 19.6. The van der Waals surface area contributed by atoms with Crippen LogP contribution in [-0.4, -0.2) is 88.9 Å². The average molecular weight is 1780 g/mol. The van der Waals surface area contributed by atoms with E-state index in [-0.39, 0.29) is 43.5 Å². The summed E-state index contributed by atoms with van der Waals surface area (Å²) in [5.41, 5.74) is 13.9. The Labute approximate surface area is 704 Å². The summed E-state index contributed by atoms with van der Waals surface area (Å²) >= 11 is 0. The third kappa shape index (κ3) is 23.6. The van der Waals surface area contributed by atoms with E-state index in [1.165, 1.54) is 43.0 Å². The van der Waals surface area contributed by atoms with Gasteiger partial charge in [-0.25, -0.2) is 0 Å². The first-order chi connectivity index (χ1) is 52.7. The van der Waals surface area contributed by atoms with Crippen LogP contribution in [0.4, 0.5) is 0 Å². The number of ether oxygens (including phenoxy) is 3. The topological polar surface area (TPSA) is 116 Å². The molecule has 0 N–H and O–H groups in total. The van der Waals surface area contributed by atoms with Crippen LogP contribution in [0.3, 0.4) is 0 Å². The van der Waals surface area contributed by atoms with E-state index in [0.29, 0.717) is 35.2 Å². The third-order valence-corrected chi connectivity index (χ3v) is 29.8. The standard InChI is InChI=1S/C36H48N2OSi2.C36H46N2OSi2.C24H32B2O5.Pt/c2*1-25(2)17-29-21-33(37-23-35(29)40(5,6)7)27-13-11-15-31(19-27)39-32-16-12-14-28(20-32)34-22-30(18-26(3)4)36(24-38-34)41(8,9)10;1-21(2)22(3,4)29-25(28-21)17-11-9-13-19(15-17)27-20-14-10-12-18(16-20)26-30-23(5,6)24(7,8)31-26;/h11-16,19-26H,17-18H2,1-10H3;11-16,21-26H,17-18H2,1-10H3;9-16H,1-8H3;/q;-2;;+2. The Morgan fingerprint density at radius 2 is 0.579 bits per heavy atom. The molecule has 0 unspecified atom stereocenters. The molecule has 0 bridgehead atoms. The molecule has 2 fully saturated rings. The van der Waals surface area contributed by atoms with Crippen molar-refractivity contribution in [1.29, 1.82) is 0 Å². The third-order valence-electron chi connectivity index (χ3n) is 21.5. The quantitative estimate of drug-likeness (QED) is 0.0425.